The first-order chi connectivity index (χ1) is 35.1. The molecule has 4 bridgehead atoms. The lowest BCUT2D eigenvalue weighted by Crippen LogP contribution is -2.70. The Kier molecular flexibility index (Phi) is 14.0. The van der Waals surface area contributed by atoms with Crippen molar-refractivity contribution in [2.75, 3.05) is 13.7 Å². The Hall–Kier alpha value is -2.60. The highest BCUT2D eigenvalue weighted by Gasteiger charge is 2.72. The molecule has 0 radical (unpaired) electrons. The minimum Gasteiger partial charge on any atom is -0.435 e. The SMILES string of the molecule is CO[C@@]1(C)CC[C@H]2CCC[C@H]3[C@@H](C)C(OC(=O)CC(CC(=O)OC4O[C@@H]5O[C@@]6(C)CC[C@H]7[C@H](C)CC[C@@H]([C@H]4C)[C@@]57OO6)(CC(=O)OC4O[C@@H]5O[C@@]6(C)CC[C@H]7[C@H](C)CC[C@@H]([C@H]4C)[C@@]57OO6)NC(C)=O)OC[C@@]23OO1. The molecule has 3 aliphatic carbocycles. The number of rotatable bonds is 11. The average Bonchev–Trinajstić information content (AvgIpc) is 3.82. The molecule has 20 nitrogen and oxygen atoms in total. The summed E-state index contributed by atoms with van der Waals surface area (Å²) in [7, 11) is 1.60. The van der Waals surface area contributed by atoms with E-state index >= 15 is 0 Å². The summed E-state index contributed by atoms with van der Waals surface area (Å²) in [6, 6.07) is 0. The first kappa shape index (κ1) is 53.4. The summed E-state index contributed by atoms with van der Waals surface area (Å²) < 4.78 is 57.1. The molecule has 13 rings (SSSR count). The van der Waals surface area contributed by atoms with Crippen LogP contribution in [0.15, 0.2) is 0 Å². The Morgan fingerprint density at radius 3 is 1.55 bits per heavy atom. The largest absolute Gasteiger partial charge is 0.435 e. The minimum atomic E-state index is -1.92. The first-order valence-electron chi connectivity index (χ1n) is 27.9. The van der Waals surface area contributed by atoms with Gasteiger partial charge in [0.05, 0.1) is 31.4 Å². The maximum absolute atomic E-state index is 14.7. The molecule has 0 aromatic carbocycles. The van der Waals surface area contributed by atoms with Gasteiger partial charge in [-0.2, -0.15) is 0 Å². The molecule has 416 valence electrons. The zero-order chi connectivity index (χ0) is 52.4. The molecule has 0 aromatic heterocycles. The number of amides is 1. The minimum absolute atomic E-state index is 0.0808. The number of ether oxygens (including phenoxy) is 9. The molecule has 10 aliphatic heterocycles. The molecule has 13 fully saturated rings. The lowest BCUT2D eigenvalue weighted by molar-refractivity contribution is -0.576. The number of esters is 3. The third-order valence-corrected chi connectivity index (χ3v) is 20.5. The van der Waals surface area contributed by atoms with Gasteiger partial charge in [0.15, 0.2) is 29.6 Å². The van der Waals surface area contributed by atoms with Crippen molar-refractivity contribution in [3.05, 3.63) is 0 Å². The van der Waals surface area contributed by atoms with Crippen LogP contribution in [-0.2, 0) is 91.1 Å². The molecule has 1 amide bonds. The van der Waals surface area contributed by atoms with Crippen LogP contribution in [0.3, 0.4) is 0 Å². The van der Waals surface area contributed by atoms with Crippen molar-refractivity contribution in [2.45, 2.75) is 236 Å². The second kappa shape index (κ2) is 19.3. The summed E-state index contributed by atoms with van der Waals surface area (Å²) in [6.45, 7) is 17.2. The smallest absolute Gasteiger partial charge is 0.310 e. The van der Waals surface area contributed by atoms with Gasteiger partial charge in [-0.1, -0.05) is 41.0 Å². The van der Waals surface area contributed by atoms with Crippen molar-refractivity contribution in [1.29, 1.82) is 0 Å². The van der Waals surface area contributed by atoms with Gasteiger partial charge in [-0.15, -0.1) is 0 Å². The van der Waals surface area contributed by atoms with Crippen molar-refractivity contribution < 1.29 is 91.1 Å². The lowest BCUT2D eigenvalue weighted by Gasteiger charge is -2.60. The third kappa shape index (κ3) is 8.86. The Bertz CT molecular complexity index is 2070. The maximum Gasteiger partial charge on any atom is 0.310 e. The van der Waals surface area contributed by atoms with Crippen molar-refractivity contribution >= 4 is 23.8 Å². The fourth-order valence-corrected chi connectivity index (χ4v) is 16.4. The van der Waals surface area contributed by atoms with Gasteiger partial charge in [-0.3, -0.25) is 19.2 Å². The molecule has 13 aliphatic rings. The van der Waals surface area contributed by atoms with Crippen LogP contribution >= 0.6 is 0 Å². The number of hydrogen-bond acceptors (Lipinski definition) is 19. The number of carbonyl (C=O) groups excluding carboxylic acids is 4. The summed E-state index contributed by atoms with van der Waals surface area (Å²) in [5.74, 6) is -6.74. The van der Waals surface area contributed by atoms with Crippen LogP contribution in [0.25, 0.3) is 0 Å². The standard InChI is InChI=1S/C54H81NO19/c1-28-14-16-38-31(4)44(65-46-53(38)35(28)19-22-49(8,67-46)70-73-53)63-41(58)25-51(55-33(6)56,24-40(57)62-43-30(3)37-13-11-12-34-18-21-48(7,60-10)69-72-52(34,37)27-61-43)26-42(59)64-45-32(5)39-17-15-29(2)36-20-23-50(9)68-47(66-45)54(36,39)74-71-50/h28-32,34-39,43-47H,11-27H2,1-10H3,(H,55,56)/t28-,29-,30-,31-,32-,34-,35+,36+,37+,38+,39+,43?,44?,45?,46-,47-,48-,49-,50-,51?,52-,53-,54-/m1/s1. The van der Waals surface area contributed by atoms with E-state index < -0.39 is 114 Å². The van der Waals surface area contributed by atoms with Gasteiger partial charge < -0.3 is 47.9 Å². The number of nitrogens with one attached hydrogen (secondary N) is 1. The van der Waals surface area contributed by atoms with E-state index in [1.165, 1.54) is 6.92 Å². The predicted octanol–water partition coefficient (Wildman–Crippen LogP) is 7.33. The monoisotopic (exact) mass is 1050 g/mol. The van der Waals surface area contributed by atoms with Crippen LogP contribution in [-0.4, -0.2) is 109 Å². The van der Waals surface area contributed by atoms with Crippen LogP contribution in [0.5, 0.6) is 0 Å². The van der Waals surface area contributed by atoms with Crippen molar-refractivity contribution in [3.8, 4) is 0 Å². The number of methoxy groups -OCH3 is 1. The maximum atomic E-state index is 14.7. The van der Waals surface area contributed by atoms with E-state index in [0.717, 1.165) is 64.2 Å². The zero-order valence-corrected chi connectivity index (χ0v) is 45.0. The fraction of sp³-hybridized carbons (Fsp3) is 0.926. The zero-order valence-electron chi connectivity index (χ0n) is 45.0. The molecule has 20 heteroatoms. The fourth-order valence-electron chi connectivity index (χ4n) is 16.4. The summed E-state index contributed by atoms with van der Waals surface area (Å²) in [5, 5.41) is 2.84. The Morgan fingerprint density at radius 1 is 0.554 bits per heavy atom. The Balaban J connectivity index is 0.849. The van der Waals surface area contributed by atoms with Gasteiger partial charge in [-0.25, -0.2) is 29.3 Å². The van der Waals surface area contributed by atoms with Crippen molar-refractivity contribution in [2.24, 2.45) is 65.1 Å². The molecule has 10 saturated heterocycles. The van der Waals surface area contributed by atoms with Gasteiger partial charge in [0.2, 0.25) is 36.4 Å². The molecule has 3 spiro atoms. The van der Waals surface area contributed by atoms with Gasteiger partial charge in [0.1, 0.15) is 5.60 Å². The van der Waals surface area contributed by atoms with E-state index in [4.69, 9.17) is 72.0 Å². The average molecular weight is 1050 g/mol. The molecule has 1 N–H and O–H groups in total. The van der Waals surface area contributed by atoms with Crippen LogP contribution in [0.1, 0.15) is 165 Å². The summed E-state index contributed by atoms with van der Waals surface area (Å²) in [5.41, 5.74) is -4.53. The molecule has 3 unspecified atom stereocenters. The van der Waals surface area contributed by atoms with Gasteiger partial charge >= 0.3 is 17.9 Å². The number of fused-ring (bicyclic) bond motifs is 4. The van der Waals surface area contributed by atoms with E-state index in [1.807, 2.05) is 41.5 Å². The second-order valence-corrected chi connectivity index (χ2v) is 25.3. The molecular weight excluding hydrogens is 967 g/mol. The summed E-state index contributed by atoms with van der Waals surface area (Å²) >= 11 is 0. The Labute approximate surface area is 434 Å². The van der Waals surface area contributed by atoms with E-state index in [2.05, 4.69) is 19.2 Å². The number of hydrogen-bond donors (Lipinski definition) is 1. The van der Waals surface area contributed by atoms with Crippen LogP contribution in [0.2, 0.25) is 0 Å². The van der Waals surface area contributed by atoms with Crippen molar-refractivity contribution in [1.82, 2.24) is 5.32 Å². The lowest BCUT2D eigenvalue weighted by atomic mass is 9.58. The van der Waals surface area contributed by atoms with E-state index in [1.54, 1.807) is 7.11 Å². The summed E-state index contributed by atoms with van der Waals surface area (Å²) in [4.78, 5) is 94.4. The highest BCUT2D eigenvalue weighted by atomic mass is 17.3. The van der Waals surface area contributed by atoms with E-state index in [0.29, 0.717) is 31.1 Å². The van der Waals surface area contributed by atoms with Gasteiger partial charge in [0, 0.05) is 68.8 Å². The van der Waals surface area contributed by atoms with Crippen molar-refractivity contribution in [3.63, 3.8) is 0 Å². The van der Waals surface area contributed by atoms with E-state index in [-0.39, 0.29) is 59.9 Å². The molecule has 10 heterocycles. The summed E-state index contributed by atoms with van der Waals surface area (Å²) in [6.07, 6.45) is 3.39. The van der Waals surface area contributed by atoms with Crippen LogP contribution in [0, 0.1) is 65.1 Å². The normalized spacial score (nSPS) is 50.9. The topological polar surface area (TPSA) is 219 Å². The second-order valence-electron chi connectivity index (χ2n) is 25.3. The van der Waals surface area contributed by atoms with Gasteiger partial charge in [-0.05, 0) is 108 Å². The van der Waals surface area contributed by atoms with Crippen LogP contribution in [0.4, 0.5) is 0 Å². The molecule has 3 saturated carbocycles. The Morgan fingerprint density at radius 2 is 1.05 bits per heavy atom. The highest BCUT2D eigenvalue weighted by Crippen LogP contribution is 2.63. The number of carbonyl (C=O) groups is 4. The van der Waals surface area contributed by atoms with Gasteiger partial charge in [0.25, 0.3) is 0 Å². The van der Waals surface area contributed by atoms with Crippen LogP contribution < -0.4 is 5.32 Å². The highest BCUT2D eigenvalue weighted by molar-refractivity contribution is 5.83. The molecular formula is C54H81NO19. The quantitative estimate of drug-likeness (QED) is 0.122. The molecule has 74 heavy (non-hydrogen) atoms. The molecule has 0 aromatic rings. The third-order valence-electron chi connectivity index (χ3n) is 20.5. The van der Waals surface area contributed by atoms with E-state index in [9.17, 15) is 19.2 Å². The predicted molar refractivity (Wildman–Crippen MR) is 252 cm³/mol. The first-order valence-corrected chi connectivity index (χ1v) is 27.9. The molecule has 22 atom stereocenters.